The minimum atomic E-state index is 0.0496. The number of hydrogen-bond donors (Lipinski definition) is 2. The molecule has 2 aliphatic rings. The Bertz CT molecular complexity index is 1070. The summed E-state index contributed by atoms with van der Waals surface area (Å²) in [7, 11) is 1.68. The lowest BCUT2D eigenvalue weighted by atomic mass is 9.90. The second-order valence-corrected chi connectivity index (χ2v) is 9.31. The van der Waals surface area contributed by atoms with Crippen molar-refractivity contribution in [3.8, 4) is 5.75 Å². The number of para-hydroxylation sites is 1. The van der Waals surface area contributed by atoms with E-state index in [0.29, 0.717) is 25.0 Å². The Labute approximate surface area is 195 Å². The van der Waals surface area contributed by atoms with Gasteiger partial charge in [-0.25, -0.2) is 0 Å². The number of carbonyl (C=O) groups excluding carboxylic acids is 1. The predicted octanol–water partition coefficient (Wildman–Crippen LogP) is 3.93. The Hall–Kier alpha value is -2.83. The molecule has 5 rings (SSSR count). The number of aromatic nitrogens is 1. The number of fused-ring (bicyclic) bond motifs is 1. The molecule has 33 heavy (non-hydrogen) atoms. The first-order valence-electron chi connectivity index (χ1n) is 12.0. The van der Waals surface area contributed by atoms with Crippen LogP contribution in [0.3, 0.4) is 0 Å². The Morgan fingerprint density at radius 2 is 2.00 bits per heavy atom. The third-order valence-electron chi connectivity index (χ3n) is 6.94. The second kappa shape index (κ2) is 9.98. The third-order valence-corrected chi connectivity index (χ3v) is 6.94. The minimum absolute atomic E-state index is 0.0496. The predicted molar refractivity (Wildman–Crippen MR) is 130 cm³/mol. The molecule has 2 aromatic carbocycles. The lowest BCUT2D eigenvalue weighted by Gasteiger charge is -2.25. The van der Waals surface area contributed by atoms with Crippen molar-refractivity contribution in [3.05, 3.63) is 65.9 Å². The number of amides is 1. The maximum Gasteiger partial charge on any atom is 0.234 e. The molecule has 6 nitrogen and oxygen atoms in total. The summed E-state index contributed by atoms with van der Waals surface area (Å²) in [4.78, 5) is 18.8. The maximum atomic E-state index is 13.0. The van der Waals surface area contributed by atoms with Crippen molar-refractivity contribution in [1.82, 2.24) is 15.2 Å². The number of H-pyrrole nitrogens is 1. The van der Waals surface area contributed by atoms with Crippen LogP contribution in [0.1, 0.15) is 36.3 Å². The summed E-state index contributed by atoms with van der Waals surface area (Å²) in [6.07, 6.45) is 5.57. The van der Waals surface area contributed by atoms with Crippen LogP contribution in [0, 0.1) is 5.92 Å². The maximum absolute atomic E-state index is 13.0. The molecule has 6 heteroatoms. The van der Waals surface area contributed by atoms with Crippen molar-refractivity contribution in [3.63, 3.8) is 0 Å². The molecule has 1 aromatic heterocycles. The highest BCUT2D eigenvalue weighted by atomic mass is 16.5. The van der Waals surface area contributed by atoms with Crippen molar-refractivity contribution in [2.75, 3.05) is 40.0 Å². The van der Waals surface area contributed by atoms with Crippen molar-refractivity contribution >= 4 is 16.8 Å². The molecule has 0 spiro atoms. The molecule has 0 radical (unpaired) electrons. The van der Waals surface area contributed by atoms with E-state index in [1.165, 1.54) is 23.8 Å². The summed E-state index contributed by atoms with van der Waals surface area (Å²) in [5.74, 6) is 1.53. The van der Waals surface area contributed by atoms with Gasteiger partial charge in [0.05, 0.1) is 20.3 Å². The molecule has 2 N–H and O–H groups in total. The normalized spacial score (nSPS) is 19.2. The number of carbonyl (C=O) groups is 1. The van der Waals surface area contributed by atoms with Crippen LogP contribution in [0.4, 0.5) is 0 Å². The number of rotatable bonds is 10. The first-order chi connectivity index (χ1) is 16.2. The number of aromatic amines is 1. The van der Waals surface area contributed by atoms with E-state index in [1.54, 1.807) is 7.11 Å². The molecule has 2 heterocycles. The van der Waals surface area contributed by atoms with Crippen molar-refractivity contribution in [2.45, 2.75) is 31.2 Å². The molecule has 2 atom stereocenters. The number of nitrogens with zero attached hydrogens (tertiary/aromatic N) is 1. The third kappa shape index (κ3) is 5.23. The zero-order chi connectivity index (χ0) is 22.6. The monoisotopic (exact) mass is 447 g/mol. The van der Waals surface area contributed by atoms with E-state index >= 15 is 0 Å². The molecular weight excluding hydrogens is 414 g/mol. The average Bonchev–Trinajstić information content (AvgIpc) is 3.41. The SMILES string of the molecule is COc1ccc([C@H](CNC(=O)CN(C[C@H]2CCOC2)C2CC2)c2c[nH]c3ccccc23)cc1. The molecule has 174 valence electrons. The summed E-state index contributed by atoms with van der Waals surface area (Å²) in [6.45, 7) is 3.65. The summed E-state index contributed by atoms with van der Waals surface area (Å²) < 4.78 is 10.9. The van der Waals surface area contributed by atoms with Crippen LogP contribution in [0.15, 0.2) is 54.7 Å². The molecule has 1 amide bonds. The fourth-order valence-electron chi connectivity index (χ4n) is 4.92. The highest BCUT2D eigenvalue weighted by molar-refractivity contribution is 5.84. The molecule has 1 aliphatic carbocycles. The van der Waals surface area contributed by atoms with Crippen molar-refractivity contribution in [1.29, 1.82) is 0 Å². The van der Waals surface area contributed by atoms with Crippen LogP contribution in [-0.4, -0.2) is 61.8 Å². The van der Waals surface area contributed by atoms with Crippen LogP contribution in [0.25, 0.3) is 10.9 Å². The molecule has 1 saturated heterocycles. The molecular formula is C27H33N3O3. The number of nitrogens with one attached hydrogen (secondary N) is 2. The zero-order valence-electron chi connectivity index (χ0n) is 19.3. The van der Waals surface area contributed by atoms with Gasteiger partial charge < -0.3 is 19.8 Å². The smallest absolute Gasteiger partial charge is 0.234 e. The topological polar surface area (TPSA) is 66.6 Å². The van der Waals surface area contributed by atoms with E-state index < -0.39 is 0 Å². The molecule has 1 saturated carbocycles. The standard InChI is InChI=1S/C27H33N3O3/c1-32-22-10-6-20(7-11-22)24(25-15-28-26-5-3-2-4-23(25)26)14-29-27(31)17-30(21-8-9-21)16-19-12-13-33-18-19/h2-7,10-11,15,19,21,24,28H,8-9,12-14,16-18H2,1H3,(H,29,31)/t19-,24+/m1/s1. The number of hydrogen-bond acceptors (Lipinski definition) is 4. The largest absolute Gasteiger partial charge is 0.497 e. The molecule has 0 unspecified atom stereocenters. The van der Waals surface area contributed by atoms with Crippen molar-refractivity contribution in [2.24, 2.45) is 5.92 Å². The lowest BCUT2D eigenvalue weighted by molar-refractivity contribution is -0.122. The van der Waals surface area contributed by atoms with Crippen LogP contribution in [0.5, 0.6) is 5.75 Å². The van der Waals surface area contributed by atoms with E-state index in [4.69, 9.17) is 9.47 Å². The minimum Gasteiger partial charge on any atom is -0.497 e. The van der Waals surface area contributed by atoms with Gasteiger partial charge in [0.1, 0.15) is 5.75 Å². The van der Waals surface area contributed by atoms with Crippen LogP contribution >= 0.6 is 0 Å². The fraction of sp³-hybridized carbons (Fsp3) is 0.444. The summed E-state index contributed by atoms with van der Waals surface area (Å²) >= 11 is 0. The van der Waals surface area contributed by atoms with Gasteiger partial charge in [0, 0.05) is 48.8 Å². The van der Waals surface area contributed by atoms with Gasteiger partial charge in [0.15, 0.2) is 0 Å². The van der Waals surface area contributed by atoms with Gasteiger partial charge in [-0.3, -0.25) is 9.69 Å². The Balaban J connectivity index is 1.30. The van der Waals surface area contributed by atoms with Crippen molar-refractivity contribution < 1.29 is 14.3 Å². The Morgan fingerprint density at radius 1 is 1.18 bits per heavy atom. The molecule has 2 fully saturated rings. The first kappa shape index (κ1) is 22.0. The molecule has 0 bridgehead atoms. The highest BCUT2D eigenvalue weighted by Gasteiger charge is 2.33. The fourth-order valence-corrected chi connectivity index (χ4v) is 4.92. The van der Waals surface area contributed by atoms with E-state index in [2.05, 4.69) is 51.7 Å². The van der Waals surface area contributed by atoms with Gasteiger partial charge in [0.2, 0.25) is 5.91 Å². The van der Waals surface area contributed by atoms with Gasteiger partial charge in [-0.15, -0.1) is 0 Å². The van der Waals surface area contributed by atoms with Crippen LogP contribution < -0.4 is 10.1 Å². The summed E-state index contributed by atoms with van der Waals surface area (Å²) in [6, 6.07) is 17.0. The van der Waals surface area contributed by atoms with Crippen LogP contribution in [-0.2, 0) is 9.53 Å². The van der Waals surface area contributed by atoms with E-state index in [9.17, 15) is 4.79 Å². The Kier molecular flexibility index (Phi) is 6.65. The van der Waals surface area contributed by atoms with Gasteiger partial charge in [-0.1, -0.05) is 30.3 Å². The molecule has 3 aromatic rings. The van der Waals surface area contributed by atoms with E-state index in [0.717, 1.165) is 43.0 Å². The quantitative estimate of drug-likeness (QED) is 0.494. The zero-order valence-corrected chi connectivity index (χ0v) is 19.3. The highest BCUT2D eigenvalue weighted by Crippen LogP contribution is 2.32. The van der Waals surface area contributed by atoms with E-state index in [-0.39, 0.29) is 11.8 Å². The summed E-state index contributed by atoms with van der Waals surface area (Å²) in [5.41, 5.74) is 3.46. The number of ether oxygens (including phenoxy) is 2. The molecule has 1 aliphatic heterocycles. The van der Waals surface area contributed by atoms with Gasteiger partial charge in [-0.05, 0) is 54.5 Å². The van der Waals surface area contributed by atoms with Gasteiger partial charge in [-0.2, -0.15) is 0 Å². The average molecular weight is 448 g/mol. The van der Waals surface area contributed by atoms with Gasteiger partial charge in [0.25, 0.3) is 0 Å². The lowest BCUT2D eigenvalue weighted by Crippen LogP contribution is -2.42. The number of methoxy groups -OCH3 is 1. The van der Waals surface area contributed by atoms with E-state index in [1.807, 2.05) is 18.2 Å². The first-order valence-corrected chi connectivity index (χ1v) is 12.0. The second-order valence-electron chi connectivity index (χ2n) is 9.31. The van der Waals surface area contributed by atoms with Gasteiger partial charge >= 0.3 is 0 Å². The number of benzene rings is 2. The summed E-state index contributed by atoms with van der Waals surface area (Å²) in [5, 5.41) is 4.43. The van der Waals surface area contributed by atoms with Crippen LogP contribution in [0.2, 0.25) is 0 Å². The Morgan fingerprint density at radius 3 is 2.73 bits per heavy atom.